The number of sulfonamides is 1. The number of allylic oxidation sites excluding steroid dienone is 1. The zero-order valence-corrected chi connectivity index (χ0v) is 16.1. The minimum atomic E-state index is -3.68. The van der Waals surface area contributed by atoms with Crippen molar-refractivity contribution < 1.29 is 23.1 Å². The first kappa shape index (κ1) is 21.1. The second kappa shape index (κ2) is 9.66. The van der Waals surface area contributed by atoms with Crippen LogP contribution >= 0.6 is 0 Å². The number of benzene rings is 1. The number of rotatable bonds is 8. The highest BCUT2D eigenvalue weighted by Crippen LogP contribution is 2.21. The van der Waals surface area contributed by atoms with Crippen LogP contribution in [0.2, 0.25) is 0 Å². The summed E-state index contributed by atoms with van der Waals surface area (Å²) in [4.78, 5) is 23.8. The topological polar surface area (TPSA) is 104 Å². The van der Waals surface area contributed by atoms with Crippen molar-refractivity contribution in [2.75, 3.05) is 13.1 Å². The number of carboxylic acids is 1. The van der Waals surface area contributed by atoms with Crippen molar-refractivity contribution in [3.05, 3.63) is 42.5 Å². The van der Waals surface area contributed by atoms with E-state index in [0.717, 1.165) is 25.7 Å². The summed E-state index contributed by atoms with van der Waals surface area (Å²) in [5.41, 5.74) is 0.121. The molecule has 8 heteroatoms. The summed E-state index contributed by atoms with van der Waals surface area (Å²) in [7, 11) is -3.68. The lowest BCUT2D eigenvalue weighted by Gasteiger charge is -2.20. The second-order valence-electron chi connectivity index (χ2n) is 6.58. The molecule has 1 atom stereocenters. The summed E-state index contributed by atoms with van der Waals surface area (Å²) < 4.78 is 27.2. The first-order valence-corrected chi connectivity index (χ1v) is 10.5. The van der Waals surface area contributed by atoms with Crippen LogP contribution in [-0.4, -0.2) is 48.8 Å². The number of hydrogen-bond donors (Lipinski definition) is 2. The van der Waals surface area contributed by atoms with Gasteiger partial charge in [0.15, 0.2) is 0 Å². The van der Waals surface area contributed by atoms with Gasteiger partial charge < -0.3 is 10.4 Å². The van der Waals surface area contributed by atoms with Crippen LogP contribution < -0.4 is 5.32 Å². The largest absolute Gasteiger partial charge is 0.480 e. The van der Waals surface area contributed by atoms with Crippen LogP contribution in [0.1, 0.15) is 48.9 Å². The molecule has 1 aliphatic rings. The maximum atomic E-state index is 12.9. The van der Waals surface area contributed by atoms with Gasteiger partial charge in [0.25, 0.3) is 5.91 Å². The monoisotopic (exact) mass is 394 g/mol. The van der Waals surface area contributed by atoms with Crippen LogP contribution in [0.15, 0.2) is 41.8 Å². The molecule has 0 bridgehead atoms. The molecule has 2 rings (SSSR count). The fourth-order valence-corrected chi connectivity index (χ4v) is 4.58. The van der Waals surface area contributed by atoms with Gasteiger partial charge in [0.05, 0.1) is 4.90 Å². The Bertz CT molecular complexity index is 783. The summed E-state index contributed by atoms with van der Waals surface area (Å²) in [6, 6.07) is 4.69. The van der Waals surface area contributed by atoms with E-state index < -0.39 is 27.9 Å². The van der Waals surface area contributed by atoms with Gasteiger partial charge in [-0.15, -0.1) is 6.58 Å². The maximum Gasteiger partial charge on any atom is 0.326 e. The Morgan fingerprint density at radius 2 is 1.89 bits per heavy atom. The summed E-state index contributed by atoms with van der Waals surface area (Å²) in [6.45, 7) is 4.49. The summed E-state index contributed by atoms with van der Waals surface area (Å²) >= 11 is 0. The molecule has 1 aromatic carbocycles. The molecule has 2 N–H and O–H groups in total. The number of carbonyl (C=O) groups excluding carboxylic acids is 1. The Morgan fingerprint density at radius 3 is 2.48 bits per heavy atom. The van der Waals surface area contributed by atoms with Gasteiger partial charge in [-0.2, -0.15) is 4.31 Å². The van der Waals surface area contributed by atoms with E-state index in [4.69, 9.17) is 0 Å². The van der Waals surface area contributed by atoms with Gasteiger partial charge in [0.1, 0.15) is 6.04 Å². The molecule has 0 aliphatic carbocycles. The van der Waals surface area contributed by atoms with E-state index in [-0.39, 0.29) is 16.9 Å². The van der Waals surface area contributed by atoms with Crippen molar-refractivity contribution in [2.45, 2.75) is 49.5 Å². The molecule has 7 nitrogen and oxygen atoms in total. The summed E-state index contributed by atoms with van der Waals surface area (Å²) in [6.07, 6.45) is 5.91. The zero-order valence-electron chi connectivity index (χ0n) is 15.3. The average molecular weight is 394 g/mol. The van der Waals surface area contributed by atoms with Gasteiger partial charge in [-0.25, -0.2) is 13.2 Å². The Balaban J connectivity index is 2.19. The van der Waals surface area contributed by atoms with Crippen molar-refractivity contribution in [3.63, 3.8) is 0 Å². The van der Waals surface area contributed by atoms with Crippen LogP contribution in [-0.2, 0) is 14.8 Å². The number of nitrogens with one attached hydrogen (secondary N) is 1. The van der Waals surface area contributed by atoms with Crippen molar-refractivity contribution in [3.8, 4) is 0 Å². The van der Waals surface area contributed by atoms with Gasteiger partial charge in [0.2, 0.25) is 10.0 Å². The van der Waals surface area contributed by atoms with Crippen molar-refractivity contribution in [1.29, 1.82) is 0 Å². The molecule has 1 heterocycles. The molecule has 1 amide bonds. The van der Waals surface area contributed by atoms with E-state index in [1.54, 1.807) is 6.08 Å². The highest BCUT2D eigenvalue weighted by atomic mass is 32.2. The number of carbonyl (C=O) groups is 2. The third-order valence-corrected chi connectivity index (χ3v) is 6.46. The number of carboxylic acid groups (broad SMARTS) is 1. The van der Waals surface area contributed by atoms with Crippen molar-refractivity contribution in [2.24, 2.45) is 0 Å². The molecule has 0 aromatic heterocycles. The van der Waals surface area contributed by atoms with Gasteiger partial charge in [-0.05, 0) is 43.9 Å². The molecule has 1 saturated heterocycles. The molecule has 0 spiro atoms. The fraction of sp³-hybridized carbons (Fsp3) is 0.474. The molecule has 1 aliphatic heterocycles. The third-order valence-electron chi connectivity index (χ3n) is 4.56. The highest BCUT2D eigenvalue weighted by Gasteiger charge is 2.26. The molecule has 27 heavy (non-hydrogen) atoms. The predicted octanol–water partition coefficient (Wildman–Crippen LogP) is 2.40. The van der Waals surface area contributed by atoms with Gasteiger partial charge in [-0.3, -0.25) is 4.79 Å². The number of amides is 1. The lowest BCUT2D eigenvalue weighted by molar-refractivity contribution is -0.139. The third kappa shape index (κ3) is 5.64. The van der Waals surface area contributed by atoms with Crippen LogP contribution in [0, 0.1) is 0 Å². The quantitative estimate of drug-likeness (QED) is 0.659. The predicted molar refractivity (Wildman–Crippen MR) is 102 cm³/mol. The minimum Gasteiger partial charge on any atom is -0.480 e. The molecule has 1 unspecified atom stereocenters. The van der Waals surface area contributed by atoms with E-state index in [0.29, 0.717) is 19.5 Å². The van der Waals surface area contributed by atoms with E-state index in [2.05, 4.69) is 11.9 Å². The summed E-state index contributed by atoms with van der Waals surface area (Å²) in [5.74, 6) is -1.75. The van der Waals surface area contributed by atoms with Gasteiger partial charge >= 0.3 is 5.97 Å². The number of hydrogen-bond acceptors (Lipinski definition) is 4. The average Bonchev–Trinajstić information content (AvgIpc) is 2.95. The van der Waals surface area contributed by atoms with Crippen LogP contribution in [0.3, 0.4) is 0 Å². The maximum absolute atomic E-state index is 12.9. The molecule has 148 valence electrons. The first-order valence-electron chi connectivity index (χ1n) is 9.11. The first-order chi connectivity index (χ1) is 12.9. The lowest BCUT2D eigenvalue weighted by atomic mass is 10.1. The SMILES string of the molecule is C=CCCC(NC(=O)c1cccc(S(=O)(=O)N2CCCCCC2)c1)C(=O)O. The van der Waals surface area contributed by atoms with E-state index in [9.17, 15) is 23.1 Å². The molecule has 0 radical (unpaired) electrons. The van der Waals surface area contributed by atoms with Crippen LogP contribution in [0.5, 0.6) is 0 Å². The Kier molecular flexibility index (Phi) is 7.55. The second-order valence-corrected chi connectivity index (χ2v) is 8.51. The highest BCUT2D eigenvalue weighted by molar-refractivity contribution is 7.89. The van der Waals surface area contributed by atoms with E-state index in [1.165, 1.54) is 28.6 Å². The lowest BCUT2D eigenvalue weighted by Crippen LogP contribution is -2.40. The standard InChI is InChI=1S/C19H26N2O5S/c1-2-3-11-17(19(23)24)20-18(22)15-9-8-10-16(14-15)27(25,26)21-12-6-4-5-7-13-21/h2,8-10,14,17H,1,3-7,11-13H2,(H,20,22)(H,23,24). The van der Waals surface area contributed by atoms with Crippen molar-refractivity contribution in [1.82, 2.24) is 9.62 Å². The summed E-state index contributed by atoms with van der Waals surface area (Å²) in [5, 5.41) is 11.7. The molecule has 1 aromatic rings. The Labute approximate surface area is 160 Å². The number of aliphatic carboxylic acids is 1. The molecule has 1 fully saturated rings. The molecular formula is C19H26N2O5S. The Morgan fingerprint density at radius 1 is 1.22 bits per heavy atom. The Hall–Kier alpha value is -2.19. The number of nitrogens with zero attached hydrogens (tertiary/aromatic N) is 1. The molecular weight excluding hydrogens is 368 g/mol. The van der Waals surface area contributed by atoms with E-state index >= 15 is 0 Å². The van der Waals surface area contributed by atoms with Gasteiger partial charge in [0, 0.05) is 18.7 Å². The normalized spacial score (nSPS) is 16.9. The van der Waals surface area contributed by atoms with Crippen LogP contribution in [0.25, 0.3) is 0 Å². The fourth-order valence-electron chi connectivity index (χ4n) is 3.01. The van der Waals surface area contributed by atoms with Crippen LogP contribution in [0.4, 0.5) is 0 Å². The minimum absolute atomic E-state index is 0.0509. The zero-order chi connectivity index (χ0) is 19.9. The smallest absolute Gasteiger partial charge is 0.326 e. The van der Waals surface area contributed by atoms with Crippen molar-refractivity contribution >= 4 is 21.9 Å². The molecule has 0 saturated carbocycles. The van der Waals surface area contributed by atoms with Gasteiger partial charge in [-0.1, -0.05) is 25.0 Å². The van der Waals surface area contributed by atoms with E-state index in [1.807, 2.05) is 0 Å².